The Balaban J connectivity index is 2.11. The summed E-state index contributed by atoms with van der Waals surface area (Å²) in [6.45, 7) is 4.33. The Morgan fingerprint density at radius 3 is 2.33 bits per heavy atom. The molecule has 0 radical (unpaired) electrons. The molecule has 0 fully saturated rings. The number of benzene rings is 1. The maximum atomic E-state index is 11.8. The molecule has 0 saturated heterocycles. The molecule has 24 heavy (non-hydrogen) atoms. The molecule has 6 heteroatoms. The quantitative estimate of drug-likeness (QED) is 0.841. The lowest BCUT2D eigenvalue weighted by Crippen LogP contribution is -2.39. The molecule has 2 N–H and O–H groups in total. The second kappa shape index (κ2) is 8.61. The Hall–Kier alpha value is -2.18. The smallest absolute Gasteiger partial charge is 0.413 e. The number of alkyl carbamates (subject to hydrolysis) is 1. The van der Waals surface area contributed by atoms with E-state index in [1.165, 1.54) is 12.7 Å². The minimum Gasteiger partial charge on any atom is -0.453 e. The molecule has 1 aromatic heterocycles. The van der Waals surface area contributed by atoms with Crippen LogP contribution in [0, 0.1) is 0 Å². The van der Waals surface area contributed by atoms with Gasteiger partial charge < -0.3 is 4.74 Å². The van der Waals surface area contributed by atoms with E-state index in [1.807, 2.05) is 17.5 Å². The maximum Gasteiger partial charge on any atom is 0.413 e. The minimum absolute atomic E-state index is 0.0175. The summed E-state index contributed by atoms with van der Waals surface area (Å²) in [5.41, 5.74) is 2.35. The van der Waals surface area contributed by atoms with Gasteiger partial charge in [-0.15, -0.1) is 11.3 Å². The van der Waals surface area contributed by atoms with Gasteiger partial charge in [-0.1, -0.05) is 44.2 Å². The second-order valence-corrected chi connectivity index (χ2v) is 6.67. The van der Waals surface area contributed by atoms with Crippen molar-refractivity contribution in [1.82, 2.24) is 10.6 Å². The summed E-state index contributed by atoms with van der Waals surface area (Å²) in [7, 11) is 1.22. The molecule has 0 aliphatic heterocycles. The van der Waals surface area contributed by atoms with E-state index in [2.05, 4.69) is 53.5 Å². The van der Waals surface area contributed by atoms with Crippen LogP contribution in [-0.4, -0.2) is 25.7 Å². The fourth-order valence-corrected chi connectivity index (χ4v) is 3.14. The number of thiophene rings is 1. The minimum atomic E-state index is -0.754. The molecule has 0 aliphatic carbocycles. The number of carbonyl (C=O) groups is 2. The Morgan fingerprint density at radius 2 is 1.79 bits per heavy atom. The maximum absolute atomic E-state index is 11.8. The zero-order valence-corrected chi connectivity index (χ0v) is 14.9. The molecule has 2 aromatic rings. The van der Waals surface area contributed by atoms with E-state index in [0.29, 0.717) is 5.92 Å². The van der Waals surface area contributed by atoms with Gasteiger partial charge in [-0.05, 0) is 28.5 Å². The van der Waals surface area contributed by atoms with Crippen LogP contribution in [0.15, 0.2) is 41.8 Å². The number of amides is 2. The van der Waals surface area contributed by atoms with Crippen LogP contribution < -0.4 is 10.6 Å². The van der Waals surface area contributed by atoms with E-state index < -0.39 is 12.0 Å². The third-order valence-corrected chi connectivity index (χ3v) is 4.59. The van der Waals surface area contributed by atoms with E-state index >= 15 is 0 Å². The first kappa shape index (κ1) is 18.2. The lowest BCUT2D eigenvalue weighted by molar-refractivity contribution is -0.119. The van der Waals surface area contributed by atoms with Gasteiger partial charge in [-0.2, -0.15) is 0 Å². The third kappa shape index (κ3) is 4.91. The van der Waals surface area contributed by atoms with Crippen molar-refractivity contribution in [1.29, 1.82) is 0 Å². The van der Waals surface area contributed by atoms with Crippen molar-refractivity contribution < 1.29 is 14.3 Å². The zero-order chi connectivity index (χ0) is 17.5. The Bertz CT molecular complexity index is 666. The van der Waals surface area contributed by atoms with Gasteiger partial charge in [0.15, 0.2) is 0 Å². The molecule has 2 rings (SSSR count). The largest absolute Gasteiger partial charge is 0.453 e. The highest BCUT2D eigenvalue weighted by Gasteiger charge is 2.17. The molecule has 0 bridgehead atoms. The van der Waals surface area contributed by atoms with E-state index in [0.717, 1.165) is 10.4 Å². The third-order valence-electron chi connectivity index (χ3n) is 3.66. The van der Waals surface area contributed by atoms with E-state index in [4.69, 9.17) is 0 Å². The average molecular weight is 346 g/mol. The Labute approximate surface area is 146 Å². The highest BCUT2D eigenvalue weighted by atomic mass is 32.1. The fraction of sp³-hybridized carbons (Fsp3) is 0.333. The van der Waals surface area contributed by atoms with Gasteiger partial charge in [-0.25, -0.2) is 4.79 Å². The molecule has 1 atom stereocenters. The molecule has 0 unspecified atom stereocenters. The van der Waals surface area contributed by atoms with Crippen molar-refractivity contribution >= 4 is 23.3 Å². The van der Waals surface area contributed by atoms with Crippen molar-refractivity contribution in [2.45, 2.75) is 25.8 Å². The van der Waals surface area contributed by atoms with E-state index in [1.54, 1.807) is 11.3 Å². The molecule has 0 aliphatic rings. The number of hydrogen-bond acceptors (Lipinski definition) is 5. The number of hydrogen-bond donors (Lipinski definition) is 2. The highest BCUT2D eigenvalue weighted by molar-refractivity contribution is 7.10. The molecule has 128 valence electrons. The topological polar surface area (TPSA) is 67.4 Å². The number of nitrogens with one attached hydrogen (secondary N) is 2. The van der Waals surface area contributed by atoms with Gasteiger partial charge in [0, 0.05) is 4.88 Å². The molecule has 5 nitrogen and oxygen atoms in total. The Kier molecular flexibility index (Phi) is 6.52. The van der Waals surface area contributed by atoms with Crippen molar-refractivity contribution in [3.8, 4) is 0 Å². The SMILES string of the molecule is COC(=O)NC(=O)CN[C@@H](c1ccc(C(C)C)cc1)c1cccs1. The van der Waals surface area contributed by atoms with Gasteiger partial charge in [-0.3, -0.25) is 15.4 Å². The fourth-order valence-electron chi connectivity index (χ4n) is 2.32. The first-order valence-corrected chi connectivity index (χ1v) is 8.63. The van der Waals surface area contributed by atoms with Crippen LogP contribution >= 0.6 is 11.3 Å². The summed E-state index contributed by atoms with van der Waals surface area (Å²) in [5, 5.41) is 7.35. The summed E-state index contributed by atoms with van der Waals surface area (Å²) >= 11 is 1.62. The Morgan fingerprint density at radius 1 is 1.12 bits per heavy atom. The van der Waals surface area contributed by atoms with Crippen LogP contribution in [0.3, 0.4) is 0 Å². The second-order valence-electron chi connectivity index (χ2n) is 5.69. The standard InChI is InChI=1S/C18H22N2O3S/c1-12(2)13-6-8-14(9-7-13)17(15-5-4-10-24-15)19-11-16(21)20-18(22)23-3/h4-10,12,17,19H,11H2,1-3H3,(H,20,21,22)/t17-/m0/s1. The van der Waals surface area contributed by atoms with E-state index in [9.17, 15) is 9.59 Å². The van der Waals surface area contributed by atoms with Gasteiger partial charge >= 0.3 is 6.09 Å². The van der Waals surface area contributed by atoms with Gasteiger partial charge in [0.25, 0.3) is 0 Å². The molecule has 1 heterocycles. The van der Waals surface area contributed by atoms with Gasteiger partial charge in [0.2, 0.25) is 5.91 Å². The summed E-state index contributed by atoms with van der Waals surface area (Å²) in [4.78, 5) is 24.0. The van der Waals surface area contributed by atoms with Crippen molar-refractivity contribution in [2.24, 2.45) is 0 Å². The lowest BCUT2D eigenvalue weighted by atomic mass is 9.98. The van der Waals surface area contributed by atoms with Crippen LogP contribution in [0.1, 0.15) is 41.8 Å². The molecule has 2 amide bonds. The van der Waals surface area contributed by atoms with Crippen LogP contribution in [-0.2, 0) is 9.53 Å². The van der Waals surface area contributed by atoms with Crippen molar-refractivity contribution in [3.63, 3.8) is 0 Å². The molecular weight excluding hydrogens is 324 g/mol. The number of carbonyl (C=O) groups excluding carboxylic acids is 2. The van der Waals surface area contributed by atoms with Crippen molar-refractivity contribution in [3.05, 3.63) is 57.8 Å². The summed E-state index contributed by atoms with van der Waals surface area (Å²) < 4.78 is 4.42. The normalized spacial score (nSPS) is 12.0. The number of ether oxygens (including phenoxy) is 1. The van der Waals surface area contributed by atoms with E-state index in [-0.39, 0.29) is 12.6 Å². The predicted octanol–water partition coefficient (Wildman–Crippen LogP) is 3.43. The first-order chi connectivity index (χ1) is 11.5. The van der Waals surface area contributed by atoms with Gasteiger partial charge in [0.1, 0.15) is 0 Å². The predicted molar refractivity (Wildman–Crippen MR) is 95.2 cm³/mol. The summed E-state index contributed by atoms with van der Waals surface area (Å²) in [6.07, 6.45) is -0.754. The number of methoxy groups -OCH3 is 1. The summed E-state index contributed by atoms with van der Waals surface area (Å²) in [5.74, 6) is 0.0419. The lowest BCUT2D eigenvalue weighted by Gasteiger charge is -2.18. The molecule has 1 aromatic carbocycles. The number of rotatable bonds is 6. The molecular formula is C18H22N2O3S. The molecule has 0 saturated carbocycles. The van der Waals surface area contributed by atoms with Crippen LogP contribution in [0.2, 0.25) is 0 Å². The van der Waals surface area contributed by atoms with Gasteiger partial charge in [0.05, 0.1) is 19.7 Å². The first-order valence-electron chi connectivity index (χ1n) is 7.75. The zero-order valence-electron chi connectivity index (χ0n) is 14.0. The highest BCUT2D eigenvalue weighted by Crippen LogP contribution is 2.27. The van der Waals surface area contributed by atoms with Crippen LogP contribution in [0.25, 0.3) is 0 Å². The van der Waals surface area contributed by atoms with Crippen LogP contribution in [0.4, 0.5) is 4.79 Å². The average Bonchev–Trinajstić information content (AvgIpc) is 3.09. The van der Waals surface area contributed by atoms with Crippen LogP contribution in [0.5, 0.6) is 0 Å². The van der Waals surface area contributed by atoms with Crippen molar-refractivity contribution in [2.75, 3.05) is 13.7 Å². The number of imide groups is 1. The monoisotopic (exact) mass is 346 g/mol. The summed E-state index contributed by atoms with van der Waals surface area (Å²) in [6, 6.07) is 12.3. The molecule has 0 spiro atoms.